The number of carbonyl (C=O) groups is 2. The molecule has 4 rings (SSSR count). The third-order valence-electron chi connectivity index (χ3n) is 4.96. The number of carbonyl (C=O) groups excluding carboxylic acids is 2. The quantitative estimate of drug-likeness (QED) is 0.899. The number of nitrogens with one attached hydrogen (secondary N) is 1. The number of fused-ring (bicyclic) bond motifs is 1. The van der Waals surface area contributed by atoms with Gasteiger partial charge in [0.25, 0.3) is 0 Å². The lowest BCUT2D eigenvalue weighted by Gasteiger charge is -2.34. The van der Waals surface area contributed by atoms with Crippen LogP contribution in [0, 0.1) is 0 Å². The van der Waals surface area contributed by atoms with Gasteiger partial charge in [-0.2, -0.15) is 0 Å². The summed E-state index contributed by atoms with van der Waals surface area (Å²) in [6, 6.07) is 15.5. The van der Waals surface area contributed by atoms with E-state index in [1.54, 1.807) is 17.0 Å². The van der Waals surface area contributed by atoms with Crippen LogP contribution in [0.2, 0.25) is 0 Å². The van der Waals surface area contributed by atoms with Gasteiger partial charge in [-0.1, -0.05) is 24.3 Å². The summed E-state index contributed by atoms with van der Waals surface area (Å²) < 4.78 is 4.95. The minimum atomic E-state index is -0.331. The van der Waals surface area contributed by atoms with E-state index in [2.05, 4.69) is 24.4 Å². The molecule has 0 saturated carbocycles. The maximum atomic E-state index is 12.7. The number of urea groups is 1. The van der Waals surface area contributed by atoms with Gasteiger partial charge in [-0.05, 0) is 48.7 Å². The summed E-state index contributed by atoms with van der Waals surface area (Å²) in [5.41, 5.74) is 3.98. The zero-order valence-electron chi connectivity index (χ0n) is 14.6. The van der Waals surface area contributed by atoms with E-state index >= 15 is 0 Å². The highest BCUT2D eigenvalue weighted by Gasteiger charge is 2.27. The molecule has 26 heavy (non-hydrogen) atoms. The molecule has 1 saturated heterocycles. The Morgan fingerprint density at radius 1 is 1.12 bits per heavy atom. The molecule has 1 atom stereocenters. The minimum absolute atomic E-state index is 0.111. The first-order valence-electron chi connectivity index (χ1n) is 8.80. The first-order chi connectivity index (χ1) is 12.6. The smallest absolute Gasteiger partial charge is 0.414 e. The Labute approximate surface area is 152 Å². The SMILES string of the molecule is CC1Cc2ccccc2CN1C(=O)Nc1ccc(N2CCOC2=O)cc1. The Bertz CT molecular complexity index is 834. The molecule has 2 aromatic rings. The van der Waals surface area contributed by atoms with Crippen molar-refractivity contribution in [3.8, 4) is 0 Å². The van der Waals surface area contributed by atoms with Gasteiger partial charge in [-0.15, -0.1) is 0 Å². The fraction of sp³-hybridized carbons (Fsp3) is 0.300. The van der Waals surface area contributed by atoms with Crippen molar-refractivity contribution in [2.45, 2.75) is 25.9 Å². The third kappa shape index (κ3) is 3.10. The molecule has 1 unspecified atom stereocenters. The van der Waals surface area contributed by atoms with Crippen LogP contribution < -0.4 is 10.2 Å². The molecular formula is C20H21N3O3. The van der Waals surface area contributed by atoms with Crippen molar-refractivity contribution in [1.29, 1.82) is 0 Å². The van der Waals surface area contributed by atoms with Gasteiger partial charge in [0.1, 0.15) is 6.61 Å². The predicted molar refractivity (Wildman–Crippen MR) is 99.3 cm³/mol. The lowest BCUT2D eigenvalue weighted by atomic mass is 9.95. The highest BCUT2D eigenvalue weighted by molar-refractivity contribution is 5.92. The molecule has 2 aliphatic heterocycles. The van der Waals surface area contributed by atoms with Gasteiger partial charge in [0.15, 0.2) is 0 Å². The van der Waals surface area contributed by atoms with Gasteiger partial charge in [-0.25, -0.2) is 9.59 Å². The molecule has 2 aromatic carbocycles. The van der Waals surface area contributed by atoms with E-state index in [1.165, 1.54) is 11.1 Å². The Hall–Kier alpha value is -3.02. The van der Waals surface area contributed by atoms with E-state index in [0.717, 1.165) is 12.1 Å². The van der Waals surface area contributed by atoms with Crippen LogP contribution in [0.25, 0.3) is 0 Å². The second-order valence-electron chi connectivity index (χ2n) is 6.69. The van der Waals surface area contributed by atoms with Crippen LogP contribution in [0.3, 0.4) is 0 Å². The van der Waals surface area contributed by atoms with Crippen LogP contribution in [0.15, 0.2) is 48.5 Å². The van der Waals surface area contributed by atoms with E-state index in [-0.39, 0.29) is 18.2 Å². The second kappa shape index (κ2) is 6.71. The molecule has 0 spiro atoms. The molecule has 2 aliphatic rings. The van der Waals surface area contributed by atoms with Crippen LogP contribution in [0.5, 0.6) is 0 Å². The molecule has 1 fully saturated rings. The molecule has 2 heterocycles. The topological polar surface area (TPSA) is 61.9 Å². The average molecular weight is 351 g/mol. The van der Waals surface area contributed by atoms with Gasteiger partial charge in [0.05, 0.1) is 6.54 Å². The van der Waals surface area contributed by atoms with Gasteiger partial charge in [0.2, 0.25) is 0 Å². The van der Waals surface area contributed by atoms with E-state index < -0.39 is 0 Å². The second-order valence-corrected chi connectivity index (χ2v) is 6.69. The molecular weight excluding hydrogens is 330 g/mol. The highest BCUT2D eigenvalue weighted by atomic mass is 16.6. The van der Waals surface area contributed by atoms with Crippen LogP contribution in [-0.4, -0.2) is 36.2 Å². The lowest BCUT2D eigenvalue weighted by molar-refractivity contribution is 0.180. The number of hydrogen-bond acceptors (Lipinski definition) is 3. The molecule has 0 radical (unpaired) electrons. The fourth-order valence-corrected chi connectivity index (χ4v) is 3.50. The Morgan fingerprint density at radius 3 is 2.54 bits per heavy atom. The van der Waals surface area contributed by atoms with Crippen LogP contribution >= 0.6 is 0 Å². The van der Waals surface area contributed by atoms with Crippen molar-refractivity contribution in [3.05, 3.63) is 59.7 Å². The van der Waals surface area contributed by atoms with Crippen molar-refractivity contribution in [1.82, 2.24) is 4.90 Å². The maximum Gasteiger partial charge on any atom is 0.414 e. The Kier molecular flexibility index (Phi) is 4.24. The number of benzene rings is 2. The van der Waals surface area contributed by atoms with E-state index in [9.17, 15) is 9.59 Å². The predicted octanol–water partition coefficient (Wildman–Crippen LogP) is 3.62. The number of ether oxygens (including phenoxy) is 1. The van der Waals surface area contributed by atoms with Gasteiger partial charge in [0, 0.05) is 24.0 Å². The molecule has 6 nitrogen and oxygen atoms in total. The zero-order valence-corrected chi connectivity index (χ0v) is 14.6. The zero-order chi connectivity index (χ0) is 18.1. The number of nitrogens with zero attached hydrogens (tertiary/aromatic N) is 2. The number of rotatable bonds is 2. The van der Waals surface area contributed by atoms with Crippen molar-refractivity contribution in [3.63, 3.8) is 0 Å². The molecule has 0 aromatic heterocycles. The van der Waals surface area contributed by atoms with Gasteiger partial charge >= 0.3 is 12.1 Å². The van der Waals surface area contributed by atoms with Crippen molar-refractivity contribution in [2.24, 2.45) is 0 Å². The molecule has 6 heteroatoms. The van der Waals surface area contributed by atoms with Crippen LogP contribution in [0.1, 0.15) is 18.1 Å². The molecule has 0 bridgehead atoms. The first-order valence-corrected chi connectivity index (χ1v) is 8.80. The number of cyclic esters (lactones) is 1. The lowest BCUT2D eigenvalue weighted by Crippen LogP contribution is -2.44. The van der Waals surface area contributed by atoms with Crippen molar-refractivity contribution < 1.29 is 14.3 Å². The molecule has 3 amide bonds. The van der Waals surface area contributed by atoms with E-state index in [4.69, 9.17) is 4.74 Å². The normalized spacial score (nSPS) is 19.1. The van der Waals surface area contributed by atoms with Crippen LogP contribution in [-0.2, 0) is 17.7 Å². The summed E-state index contributed by atoms with van der Waals surface area (Å²) in [6.07, 6.45) is 0.530. The average Bonchev–Trinajstić information content (AvgIpc) is 3.07. The van der Waals surface area contributed by atoms with E-state index in [0.29, 0.717) is 25.4 Å². The van der Waals surface area contributed by atoms with Gasteiger partial charge < -0.3 is 15.0 Å². The van der Waals surface area contributed by atoms with Crippen LogP contribution in [0.4, 0.5) is 21.0 Å². The van der Waals surface area contributed by atoms with Crippen molar-refractivity contribution in [2.75, 3.05) is 23.4 Å². The van der Waals surface area contributed by atoms with Crippen molar-refractivity contribution >= 4 is 23.5 Å². The summed E-state index contributed by atoms with van der Waals surface area (Å²) in [5.74, 6) is 0. The molecule has 0 aliphatic carbocycles. The summed E-state index contributed by atoms with van der Waals surface area (Å²) in [6.45, 7) is 3.64. The Morgan fingerprint density at radius 2 is 1.85 bits per heavy atom. The molecule has 134 valence electrons. The largest absolute Gasteiger partial charge is 0.447 e. The maximum absolute atomic E-state index is 12.7. The number of anilines is 2. The molecule has 1 N–H and O–H groups in total. The minimum Gasteiger partial charge on any atom is -0.447 e. The summed E-state index contributed by atoms with van der Waals surface area (Å²) in [7, 11) is 0. The summed E-state index contributed by atoms with van der Waals surface area (Å²) in [4.78, 5) is 27.8. The Balaban J connectivity index is 1.44. The fourth-order valence-electron chi connectivity index (χ4n) is 3.50. The van der Waals surface area contributed by atoms with Gasteiger partial charge in [-0.3, -0.25) is 4.90 Å². The summed E-state index contributed by atoms with van der Waals surface area (Å²) in [5, 5.41) is 2.95. The third-order valence-corrected chi connectivity index (χ3v) is 4.96. The summed E-state index contributed by atoms with van der Waals surface area (Å²) >= 11 is 0. The number of hydrogen-bond donors (Lipinski definition) is 1. The monoisotopic (exact) mass is 351 g/mol. The van der Waals surface area contributed by atoms with E-state index in [1.807, 2.05) is 29.2 Å². The highest BCUT2D eigenvalue weighted by Crippen LogP contribution is 2.25. The number of amides is 3. The standard InChI is InChI=1S/C20H21N3O3/c1-14-12-15-4-2-3-5-16(15)13-23(14)19(24)21-17-6-8-18(9-7-17)22-10-11-26-20(22)25/h2-9,14H,10-13H2,1H3,(H,21,24). The first kappa shape index (κ1) is 16.4.